The standard InChI is InChI=1S/C23H17ClF4N8O4/c1-10-6-14-18(40-22(2,25)39-14)16(19(29)37)17(10)32-21(38)13-7-11(9-35-31-8-15(34-35)23(26,27)28)33-36(13)20-12(24)4-3-5-30-20/h3-8H,9H2,1-2H3,(H2,29,37)(H,32,38). The lowest BCUT2D eigenvalue weighted by atomic mass is 10.0. The molecule has 40 heavy (non-hydrogen) atoms. The third kappa shape index (κ3) is 5.00. The van der Waals surface area contributed by atoms with Crippen molar-refractivity contribution in [1.82, 2.24) is 29.8 Å². The summed E-state index contributed by atoms with van der Waals surface area (Å²) < 4.78 is 64.4. The molecule has 1 atom stereocenters. The van der Waals surface area contributed by atoms with Crippen molar-refractivity contribution in [2.75, 3.05) is 5.32 Å². The highest BCUT2D eigenvalue weighted by molar-refractivity contribution is 6.32. The number of aryl methyl sites for hydroxylation is 1. The molecule has 1 unspecified atom stereocenters. The largest absolute Gasteiger partial charge is 0.436 e. The number of nitrogens with two attached hydrogens (primary N) is 1. The number of fused-ring (bicyclic) bond motifs is 1. The van der Waals surface area contributed by atoms with Crippen LogP contribution in [0.4, 0.5) is 23.2 Å². The Morgan fingerprint density at radius 2 is 1.98 bits per heavy atom. The van der Waals surface area contributed by atoms with Crippen molar-refractivity contribution in [3.63, 3.8) is 0 Å². The second-order valence-electron chi connectivity index (χ2n) is 8.63. The molecular formula is C23H17ClF4N8O4. The van der Waals surface area contributed by atoms with E-state index in [4.69, 9.17) is 26.8 Å². The molecule has 4 aromatic rings. The summed E-state index contributed by atoms with van der Waals surface area (Å²) in [6.07, 6.45) is -2.77. The molecule has 2 amide bonds. The Hall–Kier alpha value is -4.73. The van der Waals surface area contributed by atoms with Gasteiger partial charge < -0.3 is 20.5 Å². The summed E-state index contributed by atoms with van der Waals surface area (Å²) in [6.45, 7) is 2.15. The number of nitrogens with one attached hydrogen (secondary N) is 1. The predicted octanol–water partition coefficient (Wildman–Crippen LogP) is 3.65. The Kier molecular flexibility index (Phi) is 6.36. The van der Waals surface area contributed by atoms with Gasteiger partial charge in [-0.1, -0.05) is 11.6 Å². The van der Waals surface area contributed by atoms with Gasteiger partial charge in [-0.15, -0.1) is 5.10 Å². The van der Waals surface area contributed by atoms with Gasteiger partial charge in [0.2, 0.25) is 0 Å². The van der Waals surface area contributed by atoms with E-state index >= 15 is 0 Å². The summed E-state index contributed by atoms with van der Waals surface area (Å²) in [6, 6.07) is 3.05. The fourth-order valence-electron chi connectivity index (χ4n) is 3.93. The first kappa shape index (κ1) is 26.9. The molecule has 0 fully saturated rings. The second kappa shape index (κ2) is 9.48. The van der Waals surface area contributed by atoms with Gasteiger partial charge in [-0.05, 0) is 36.8 Å². The van der Waals surface area contributed by atoms with Crippen LogP contribution in [-0.4, -0.2) is 47.6 Å². The summed E-state index contributed by atoms with van der Waals surface area (Å²) >= 11 is 6.26. The maximum atomic E-state index is 14.4. The summed E-state index contributed by atoms with van der Waals surface area (Å²) in [5.41, 5.74) is 4.06. The Balaban J connectivity index is 1.55. The van der Waals surface area contributed by atoms with E-state index < -0.39 is 29.7 Å². The van der Waals surface area contributed by atoms with Crippen molar-refractivity contribution < 1.29 is 36.6 Å². The summed E-state index contributed by atoms with van der Waals surface area (Å²) in [4.78, 5) is 30.8. The minimum Gasteiger partial charge on any atom is -0.423 e. The molecule has 0 radical (unpaired) electrons. The number of aromatic nitrogens is 6. The van der Waals surface area contributed by atoms with Gasteiger partial charge in [0.15, 0.2) is 23.0 Å². The first-order chi connectivity index (χ1) is 18.7. The number of alkyl halides is 4. The molecule has 17 heteroatoms. The van der Waals surface area contributed by atoms with E-state index in [9.17, 15) is 27.2 Å². The number of ether oxygens (including phenoxy) is 2. The van der Waals surface area contributed by atoms with Gasteiger partial charge >= 0.3 is 12.2 Å². The molecule has 0 bridgehead atoms. The number of hydrogen-bond acceptors (Lipinski definition) is 8. The van der Waals surface area contributed by atoms with Crippen molar-refractivity contribution in [3.05, 3.63) is 69.9 Å². The van der Waals surface area contributed by atoms with Crippen LogP contribution in [0.3, 0.4) is 0 Å². The van der Waals surface area contributed by atoms with Crippen LogP contribution >= 0.6 is 11.6 Å². The smallest absolute Gasteiger partial charge is 0.423 e. The maximum absolute atomic E-state index is 14.4. The lowest BCUT2D eigenvalue weighted by Gasteiger charge is -2.15. The average Bonchev–Trinajstić information content (AvgIpc) is 3.56. The quantitative estimate of drug-likeness (QED) is 0.328. The van der Waals surface area contributed by atoms with Gasteiger partial charge in [0, 0.05) is 13.1 Å². The molecule has 3 N–H and O–H groups in total. The molecule has 0 spiro atoms. The fourth-order valence-corrected chi connectivity index (χ4v) is 4.13. The SMILES string of the molecule is Cc1cc2c(c(C(N)=O)c1NC(=O)c1cc(Cn3ncc(C(F)(F)F)n3)nn1-c1ncccc1Cl)OC(C)(F)O2. The van der Waals surface area contributed by atoms with E-state index in [0.29, 0.717) is 6.20 Å². The fraction of sp³-hybridized carbons (Fsp3) is 0.217. The molecule has 12 nitrogen and oxygen atoms in total. The molecule has 5 rings (SSSR count). The average molecular weight is 581 g/mol. The van der Waals surface area contributed by atoms with Crippen molar-refractivity contribution in [2.45, 2.75) is 32.6 Å². The Bertz CT molecular complexity index is 1670. The number of anilines is 1. The molecule has 3 aromatic heterocycles. The van der Waals surface area contributed by atoms with E-state index in [1.165, 1.54) is 37.4 Å². The molecule has 1 aliphatic heterocycles. The van der Waals surface area contributed by atoms with Crippen LogP contribution in [0.15, 0.2) is 36.7 Å². The first-order valence-electron chi connectivity index (χ1n) is 11.3. The molecule has 1 aliphatic rings. The minimum atomic E-state index is -4.70. The Labute approximate surface area is 226 Å². The second-order valence-corrected chi connectivity index (χ2v) is 9.03. The summed E-state index contributed by atoms with van der Waals surface area (Å²) in [5.74, 6) is -2.26. The molecule has 0 saturated carbocycles. The van der Waals surface area contributed by atoms with E-state index in [2.05, 4.69) is 25.6 Å². The highest BCUT2D eigenvalue weighted by Crippen LogP contribution is 2.46. The number of primary amides is 1. The molecular weight excluding hydrogens is 564 g/mol. The van der Waals surface area contributed by atoms with Crippen molar-refractivity contribution in [3.8, 4) is 17.3 Å². The highest BCUT2D eigenvalue weighted by atomic mass is 35.5. The van der Waals surface area contributed by atoms with E-state index in [0.717, 1.165) is 16.4 Å². The Morgan fingerprint density at radius 1 is 1.23 bits per heavy atom. The highest BCUT2D eigenvalue weighted by Gasteiger charge is 2.41. The number of hydrogen-bond donors (Lipinski definition) is 2. The number of halogens is 5. The predicted molar refractivity (Wildman–Crippen MR) is 129 cm³/mol. The number of amides is 2. The van der Waals surface area contributed by atoms with Gasteiger partial charge in [0.25, 0.3) is 11.8 Å². The van der Waals surface area contributed by atoms with Crippen molar-refractivity contribution in [1.29, 1.82) is 0 Å². The Morgan fingerprint density at radius 3 is 2.62 bits per heavy atom. The van der Waals surface area contributed by atoms with Gasteiger partial charge in [-0.2, -0.15) is 32.6 Å². The number of carbonyl (C=O) groups excluding carboxylic acids is 2. The molecule has 0 aliphatic carbocycles. The van der Waals surface area contributed by atoms with Crippen LogP contribution in [0.25, 0.3) is 5.82 Å². The van der Waals surface area contributed by atoms with Crippen LogP contribution in [0.2, 0.25) is 5.02 Å². The van der Waals surface area contributed by atoms with Gasteiger partial charge in [-0.3, -0.25) is 9.59 Å². The lowest BCUT2D eigenvalue weighted by molar-refractivity contribution is -0.173. The van der Waals surface area contributed by atoms with E-state index in [1.807, 2.05) is 0 Å². The number of nitrogens with zero attached hydrogens (tertiary/aromatic N) is 6. The molecule has 4 heterocycles. The zero-order valence-electron chi connectivity index (χ0n) is 20.5. The molecule has 0 saturated heterocycles. The van der Waals surface area contributed by atoms with Crippen LogP contribution in [0.5, 0.6) is 11.5 Å². The van der Waals surface area contributed by atoms with Gasteiger partial charge in [0.1, 0.15) is 17.8 Å². The van der Waals surface area contributed by atoms with Crippen LogP contribution < -0.4 is 20.5 Å². The summed E-state index contributed by atoms with van der Waals surface area (Å²) in [7, 11) is 0. The zero-order chi connectivity index (χ0) is 29.0. The van der Waals surface area contributed by atoms with E-state index in [1.54, 1.807) is 0 Å². The first-order valence-corrected chi connectivity index (χ1v) is 11.6. The topological polar surface area (TPSA) is 152 Å². The van der Waals surface area contributed by atoms with Gasteiger partial charge in [0.05, 0.1) is 22.6 Å². The third-order valence-corrected chi connectivity index (χ3v) is 5.86. The van der Waals surface area contributed by atoms with Crippen molar-refractivity contribution in [2.24, 2.45) is 5.73 Å². The normalized spacial score (nSPS) is 16.3. The summed E-state index contributed by atoms with van der Waals surface area (Å²) in [5, 5.41) is 13.9. The van der Waals surface area contributed by atoms with Crippen molar-refractivity contribution >= 4 is 29.1 Å². The number of rotatable bonds is 6. The monoisotopic (exact) mass is 580 g/mol. The van der Waals surface area contributed by atoms with Crippen LogP contribution in [-0.2, 0) is 12.7 Å². The number of carbonyl (C=O) groups is 2. The van der Waals surface area contributed by atoms with Crippen LogP contribution in [0.1, 0.15) is 44.7 Å². The minimum absolute atomic E-state index is 0.0238. The maximum Gasteiger partial charge on any atom is 0.436 e. The zero-order valence-corrected chi connectivity index (χ0v) is 21.2. The van der Waals surface area contributed by atoms with Crippen LogP contribution in [0, 0.1) is 6.92 Å². The number of benzene rings is 1. The third-order valence-electron chi connectivity index (χ3n) is 5.57. The lowest BCUT2D eigenvalue weighted by Crippen LogP contribution is -2.28. The molecule has 1 aromatic carbocycles. The molecule has 208 valence electrons. The van der Waals surface area contributed by atoms with Gasteiger partial charge in [-0.25, -0.2) is 9.67 Å². The number of pyridine rings is 1. The van der Waals surface area contributed by atoms with E-state index in [-0.39, 0.29) is 57.1 Å².